The van der Waals surface area contributed by atoms with Gasteiger partial charge in [-0.2, -0.15) is 0 Å². The van der Waals surface area contributed by atoms with Crippen LogP contribution in [-0.2, 0) is 4.79 Å². The summed E-state index contributed by atoms with van der Waals surface area (Å²) in [6.07, 6.45) is 0. The van der Waals surface area contributed by atoms with Crippen LogP contribution in [-0.4, -0.2) is 39.9 Å². The summed E-state index contributed by atoms with van der Waals surface area (Å²) in [6, 6.07) is 23.7. The topological polar surface area (TPSA) is 123 Å². The van der Waals surface area contributed by atoms with E-state index in [1.54, 1.807) is 24.1 Å². The van der Waals surface area contributed by atoms with Crippen molar-refractivity contribution in [2.24, 2.45) is 11.5 Å². The molecule has 0 aliphatic heterocycles. The summed E-state index contributed by atoms with van der Waals surface area (Å²) in [6.45, 7) is -0.0757. The molecule has 0 unspecified atom stereocenters. The highest BCUT2D eigenvalue weighted by atomic mass is 19.1. The van der Waals surface area contributed by atoms with Crippen LogP contribution in [0.15, 0.2) is 78.9 Å². The zero-order chi connectivity index (χ0) is 26.6. The van der Waals surface area contributed by atoms with Crippen molar-refractivity contribution in [3.63, 3.8) is 0 Å². The van der Waals surface area contributed by atoms with Gasteiger partial charge >= 0.3 is 0 Å². The van der Waals surface area contributed by atoms with Crippen LogP contribution >= 0.6 is 0 Å². The Morgan fingerprint density at radius 1 is 0.974 bits per heavy atom. The molecule has 2 amide bonds. The largest absolute Gasteiger partial charge is 0.368 e. The van der Waals surface area contributed by atoms with Crippen molar-refractivity contribution in [1.29, 1.82) is 0 Å². The van der Waals surface area contributed by atoms with Crippen molar-refractivity contribution in [3.05, 3.63) is 90.2 Å². The van der Waals surface area contributed by atoms with Gasteiger partial charge in [0.1, 0.15) is 11.6 Å². The van der Waals surface area contributed by atoms with E-state index < -0.39 is 11.8 Å². The number of likely N-dealkylation sites (N-methyl/N-ethyl adjacent to an activating group) is 1. The number of nitrogens with one attached hydrogen (secondary N) is 1. The van der Waals surface area contributed by atoms with Crippen LogP contribution < -0.4 is 16.4 Å². The van der Waals surface area contributed by atoms with Crippen molar-refractivity contribution in [2.45, 2.75) is 0 Å². The quantitative estimate of drug-likeness (QED) is 0.308. The number of nitrogens with zero attached hydrogens (tertiary/aromatic N) is 3. The van der Waals surface area contributed by atoms with Crippen LogP contribution in [0.4, 0.5) is 10.1 Å². The first kappa shape index (κ1) is 23.2. The lowest BCUT2D eigenvalue weighted by molar-refractivity contribution is -0.116. The Balaban J connectivity index is 1.62. The molecule has 0 aliphatic carbocycles. The third-order valence-electron chi connectivity index (χ3n) is 6.71. The van der Waals surface area contributed by atoms with Crippen LogP contribution in [0.3, 0.4) is 0 Å². The predicted octanol–water partition coefficient (Wildman–Crippen LogP) is 4.49. The van der Waals surface area contributed by atoms with Crippen molar-refractivity contribution in [3.8, 4) is 17.1 Å². The Morgan fingerprint density at radius 2 is 1.76 bits per heavy atom. The number of aromatic amines is 1. The van der Waals surface area contributed by atoms with E-state index in [0.29, 0.717) is 22.5 Å². The molecule has 2 heterocycles. The number of benzene rings is 4. The Bertz CT molecular complexity index is 1900. The number of primary amides is 2. The van der Waals surface area contributed by atoms with Gasteiger partial charge in [0.2, 0.25) is 5.91 Å². The first-order valence-electron chi connectivity index (χ1n) is 11.9. The van der Waals surface area contributed by atoms with Crippen molar-refractivity contribution in [1.82, 2.24) is 14.5 Å². The average Bonchev–Trinajstić information content (AvgIpc) is 3.46. The van der Waals surface area contributed by atoms with Gasteiger partial charge in [0.25, 0.3) is 5.91 Å². The molecule has 2 aromatic heterocycles. The number of carbonyl (C=O) groups is 2. The van der Waals surface area contributed by atoms with E-state index in [1.807, 2.05) is 54.6 Å². The lowest BCUT2D eigenvalue weighted by atomic mass is 10.1. The molecule has 38 heavy (non-hydrogen) atoms. The molecule has 0 aliphatic rings. The number of rotatable bonds is 6. The van der Waals surface area contributed by atoms with Crippen LogP contribution in [0.5, 0.6) is 0 Å². The maximum Gasteiger partial charge on any atom is 0.250 e. The zero-order valence-corrected chi connectivity index (χ0v) is 20.4. The molecule has 6 rings (SSSR count). The average molecular weight is 507 g/mol. The van der Waals surface area contributed by atoms with Gasteiger partial charge in [0.05, 0.1) is 39.9 Å². The minimum atomic E-state index is -0.603. The molecule has 6 aromatic rings. The van der Waals surface area contributed by atoms with Gasteiger partial charge in [-0.1, -0.05) is 30.3 Å². The number of para-hydroxylation sites is 1. The SMILES string of the molecule is CN(CC(N)=O)c1cc(-n2c3ccccc3c3c(-c4nc5ccc(F)cc5[nH]4)cccc32)ccc1C(N)=O. The summed E-state index contributed by atoms with van der Waals surface area (Å²) >= 11 is 0. The molecule has 5 N–H and O–H groups in total. The van der Waals surface area contributed by atoms with Gasteiger partial charge in [-0.25, -0.2) is 9.37 Å². The van der Waals surface area contributed by atoms with Gasteiger partial charge in [-0.05, 0) is 48.5 Å². The lowest BCUT2D eigenvalue weighted by Gasteiger charge is -2.21. The molecule has 188 valence electrons. The predicted molar refractivity (Wildman–Crippen MR) is 147 cm³/mol. The number of anilines is 1. The smallest absolute Gasteiger partial charge is 0.250 e. The van der Waals surface area contributed by atoms with Crippen LogP contribution in [0.25, 0.3) is 49.9 Å². The number of carbonyl (C=O) groups excluding carboxylic acids is 2. The van der Waals surface area contributed by atoms with Gasteiger partial charge in [0, 0.05) is 29.1 Å². The Labute approximate surface area is 216 Å². The number of hydrogen-bond acceptors (Lipinski definition) is 4. The maximum absolute atomic E-state index is 13.8. The molecule has 9 heteroatoms. The third kappa shape index (κ3) is 3.72. The molecule has 0 bridgehead atoms. The molecule has 0 fully saturated rings. The van der Waals surface area contributed by atoms with E-state index in [1.165, 1.54) is 12.1 Å². The fourth-order valence-corrected chi connectivity index (χ4v) is 5.11. The number of H-pyrrole nitrogens is 1. The van der Waals surface area contributed by atoms with Crippen LogP contribution in [0.1, 0.15) is 10.4 Å². The fraction of sp³-hybridized carbons (Fsp3) is 0.0690. The zero-order valence-electron chi connectivity index (χ0n) is 20.4. The summed E-state index contributed by atoms with van der Waals surface area (Å²) in [5.41, 5.74) is 16.6. The molecule has 4 aromatic carbocycles. The van der Waals surface area contributed by atoms with Crippen LogP contribution in [0, 0.1) is 5.82 Å². The number of imidazole rings is 1. The highest BCUT2D eigenvalue weighted by Gasteiger charge is 2.20. The number of amides is 2. The summed E-state index contributed by atoms with van der Waals surface area (Å²) in [5, 5.41) is 1.96. The fourth-order valence-electron chi connectivity index (χ4n) is 5.11. The van der Waals surface area contributed by atoms with Crippen LogP contribution in [0.2, 0.25) is 0 Å². The number of aromatic nitrogens is 3. The van der Waals surface area contributed by atoms with E-state index in [9.17, 15) is 14.0 Å². The second-order valence-electron chi connectivity index (χ2n) is 9.19. The molecular weight excluding hydrogens is 483 g/mol. The summed E-state index contributed by atoms with van der Waals surface area (Å²) in [4.78, 5) is 33.4. The highest BCUT2D eigenvalue weighted by Crippen LogP contribution is 2.39. The van der Waals surface area contributed by atoms with E-state index in [0.717, 1.165) is 33.1 Å². The van der Waals surface area contributed by atoms with Gasteiger partial charge in [-0.3, -0.25) is 9.59 Å². The Morgan fingerprint density at radius 3 is 2.55 bits per heavy atom. The third-order valence-corrected chi connectivity index (χ3v) is 6.71. The molecule has 8 nitrogen and oxygen atoms in total. The standard InChI is InChI=1S/C29H23FN6O2/c1-35(15-26(31)37)25-14-17(10-11-19(25)28(32)38)36-23-7-3-2-5-18(23)27-20(6-4-8-24(27)36)29-33-21-12-9-16(30)13-22(21)34-29/h2-14H,15H2,1H3,(H2,31,37)(H2,32,38)(H,33,34). The first-order chi connectivity index (χ1) is 18.3. The minimum Gasteiger partial charge on any atom is -0.368 e. The summed E-state index contributed by atoms with van der Waals surface area (Å²) in [7, 11) is 1.69. The van der Waals surface area contributed by atoms with Crippen molar-refractivity contribution >= 4 is 50.3 Å². The van der Waals surface area contributed by atoms with Gasteiger partial charge in [0.15, 0.2) is 0 Å². The molecule has 0 saturated carbocycles. The van der Waals surface area contributed by atoms with Crippen molar-refractivity contribution in [2.75, 3.05) is 18.5 Å². The normalized spacial score (nSPS) is 11.4. The van der Waals surface area contributed by atoms with E-state index in [2.05, 4.69) is 9.55 Å². The highest BCUT2D eigenvalue weighted by molar-refractivity contribution is 6.15. The number of nitrogens with two attached hydrogens (primary N) is 2. The monoisotopic (exact) mass is 506 g/mol. The van der Waals surface area contributed by atoms with E-state index in [-0.39, 0.29) is 17.9 Å². The summed E-state index contributed by atoms with van der Waals surface area (Å²) < 4.78 is 15.9. The summed E-state index contributed by atoms with van der Waals surface area (Å²) in [5.74, 6) is -0.835. The Kier molecular flexibility index (Phi) is 5.34. The minimum absolute atomic E-state index is 0.0757. The second-order valence-corrected chi connectivity index (χ2v) is 9.19. The molecular formula is C29H23FN6O2. The Hall–Kier alpha value is -5.18. The van der Waals surface area contributed by atoms with E-state index >= 15 is 0 Å². The second kappa shape index (κ2) is 8.74. The van der Waals surface area contributed by atoms with Gasteiger partial charge < -0.3 is 25.9 Å². The van der Waals surface area contributed by atoms with Gasteiger partial charge in [-0.15, -0.1) is 0 Å². The first-order valence-corrected chi connectivity index (χ1v) is 11.9. The number of fused-ring (bicyclic) bond motifs is 4. The number of hydrogen-bond donors (Lipinski definition) is 3. The molecule has 0 saturated heterocycles. The molecule has 0 spiro atoms. The van der Waals surface area contributed by atoms with Crippen molar-refractivity contribution < 1.29 is 14.0 Å². The number of halogens is 1. The maximum atomic E-state index is 13.8. The van der Waals surface area contributed by atoms with E-state index in [4.69, 9.17) is 16.5 Å². The lowest BCUT2D eigenvalue weighted by Crippen LogP contribution is -2.32. The molecule has 0 atom stereocenters. The molecule has 0 radical (unpaired) electrons.